The summed E-state index contributed by atoms with van der Waals surface area (Å²) in [4.78, 5) is 11.3. The molecule has 0 fully saturated rings. The first-order valence-corrected chi connectivity index (χ1v) is 5.48. The van der Waals surface area contributed by atoms with E-state index in [0.29, 0.717) is 12.0 Å². The minimum atomic E-state index is -0.877. The van der Waals surface area contributed by atoms with Gasteiger partial charge in [0.1, 0.15) is 5.75 Å². The van der Waals surface area contributed by atoms with Crippen LogP contribution in [-0.2, 0) is 13.5 Å². The van der Waals surface area contributed by atoms with Crippen molar-refractivity contribution in [2.45, 2.75) is 13.3 Å². The average Bonchev–Trinajstić information content (AvgIpc) is 2.61. The van der Waals surface area contributed by atoms with E-state index in [1.54, 1.807) is 19.2 Å². The van der Waals surface area contributed by atoms with Gasteiger partial charge in [-0.25, -0.2) is 4.79 Å². The Labute approximate surface area is 99.4 Å². The third kappa shape index (κ3) is 1.65. The van der Waals surface area contributed by atoms with E-state index in [1.165, 1.54) is 0 Å². The lowest BCUT2D eigenvalue weighted by Crippen LogP contribution is -2.02. The Kier molecular flexibility index (Phi) is 2.79. The minimum absolute atomic E-state index is 0.396. The average molecular weight is 233 g/mol. The van der Waals surface area contributed by atoms with E-state index in [-0.39, 0.29) is 0 Å². The minimum Gasteiger partial charge on any atom is -0.497 e. The van der Waals surface area contributed by atoms with Crippen LogP contribution < -0.4 is 4.74 Å². The van der Waals surface area contributed by atoms with Gasteiger partial charge in [0, 0.05) is 24.2 Å². The van der Waals surface area contributed by atoms with Gasteiger partial charge in [-0.15, -0.1) is 0 Å². The molecule has 1 aromatic heterocycles. The first kappa shape index (κ1) is 11.5. The van der Waals surface area contributed by atoms with Crippen LogP contribution in [-0.4, -0.2) is 22.8 Å². The second-order valence-electron chi connectivity index (χ2n) is 3.92. The van der Waals surface area contributed by atoms with Gasteiger partial charge in [-0.05, 0) is 18.6 Å². The maximum Gasteiger partial charge on any atom is 0.338 e. The number of aryl methyl sites for hydroxylation is 1. The van der Waals surface area contributed by atoms with Crippen LogP contribution in [0.5, 0.6) is 5.75 Å². The van der Waals surface area contributed by atoms with Crippen molar-refractivity contribution in [3.63, 3.8) is 0 Å². The Balaban J connectivity index is 2.84. The molecule has 4 nitrogen and oxygen atoms in total. The molecule has 0 saturated carbocycles. The topological polar surface area (TPSA) is 51.5 Å². The molecular weight excluding hydrogens is 218 g/mol. The summed E-state index contributed by atoms with van der Waals surface area (Å²) in [5.41, 5.74) is 2.12. The molecule has 1 heterocycles. The Morgan fingerprint density at radius 2 is 2.18 bits per heavy atom. The summed E-state index contributed by atoms with van der Waals surface area (Å²) < 4.78 is 7.08. The Morgan fingerprint density at radius 1 is 1.47 bits per heavy atom. The van der Waals surface area contributed by atoms with Crippen LogP contribution in [0.2, 0.25) is 0 Å². The van der Waals surface area contributed by atoms with E-state index in [9.17, 15) is 9.90 Å². The van der Waals surface area contributed by atoms with E-state index >= 15 is 0 Å². The molecule has 0 bridgehead atoms. The molecule has 2 rings (SSSR count). The van der Waals surface area contributed by atoms with Crippen LogP contribution in [0.4, 0.5) is 0 Å². The molecule has 0 amide bonds. The monoisotopic (exact) mass is 233 g/mol. The fourth-order valence-corrected chi connectivity index (χ4v) is 2.25. The summed E-state index contributed by atoms with van der Waals surface area (Å²) >= 11 is 0. The predicted molar refractivity (Wildman–Crippen MR) is 65.8 cm³/mol. The zero-order valence-corrected chi connectivity index (χ0v) is 10.2. The lowest BCUT2D eigenvalue weighted by Gasteiger charge is -2.02. The molecule has 0 atom stereocenters. The third-order valence-corrected chi connectivity index (χ3v) is 3.08. The molecule has 2 aromatic rings. The van der Waals surface area contributed by atoms with Gasteiger partial charge < -0.3 is 14.4 Å². The first-order valence-electron chi connectivity index (χ1n) is 5.48. The molecule has 1 N–H and O–H groups in total. The van der Waals surface area contributed by atoms with Crippen molar-refractivity contribution in [2.24, 2.45) is 7.05 Å². The van der Waals surface area contributed by atoms with Crippen LogP contribution >= 0.6 is 0 Å². The third-order valence-electron chi connectivity index (χ3n) is 3.08. The molecule has 0 aliphatic carbocycles. The highest BCUT2D eigenvalue weighted by atomic mass is 16.5. The standard InChI is InChI=1S/C13H15NO3/c1-4-10-12(13(15)16)9-6-5-8(17-3)7-11(9)14(10)2/h5-7H,4H2,1-3H3,(H,15,16). The highest BCUT2D eigenvalue weighted by molar-refractivity contribution is 6.05. The number of benzene rings is 1. The molecule has 0 saturated heterocycles. The van der Waals surface area contributed by atoms with Crippen LogP contribution in [0.15, 0.2) is 18.2 Å². The second kappa shape index (κ2) is 4.13. The van der Waals surface area contributed by atoms with Crippen molar-refractivity contribution in [1.29, 1.82) is 0 Å². The van der Waals surface area contributed by atoms with E-state index < -0.39 is 5.97 Å². The van der Waals surface area contributed by atoms with Crippen molar-refractivity contribution in [3.8, 4) is 5.75 Å². The smallest absolute Gasteiger partial charge is 0.338 e. The summed E-state index contributed by atoms with van der Waals surface area (Å²) in [7, 11) is 3.48. The molecule has 4 heteroatoms. The molecule has 0 unspecified atom stereocenters. The normalized spacial score (nSPS) is 10.8. The molecule has 17 heavy (non-hydrogen) atoms. The molecule has 0 radical (unpaired) electrons. The molecule has 0 aliphatic rings. The number of rotatable bonds is 3. The van der Waals surface area contributed by atoms with Gasteiger partial charge in [-0.3, -0.25) is 0 Å². The number of nitrogens with zero attached hydrogens (tertiary/aromatic N) is 1. The van der Waals surface area contributed by atoms with Gasteiger partial charge in [0.15, 0.2) is 0 Å². The Bertz CT molecular complexity index is 584. The van der Waals surface area contributed by atoms with Crippen molar-refractivity contribution < 1.29 is 14.6 Å². The number of fused-ring (bicyclic) bond motifs is 1. The van der Waals surface area contributed by atoms with Crippen LogP contribution in [0.25, 0.3) is 10.9 Å². The molecule has 0 aliphatic heterocycles. The predicted octanol–water partition coefficient (Wildman–Crippen LogP) is 2.45. The Hall–Kier alpha value is -1.97. The largest absolute Gasteiger partial charge is 0.497 e. The summed E-state index contributed by atoms with van der Waals surface area (Å²) in [6.45, 7) is 1.96. The van der Waals surface area contributed by atoms with E-state index in [1.807, 2.05) is 24.6 Å². The number of aromatic carboxylic acids is 1. The number of hydrogen-bond donors (Lipinski definition) is 1. The van der Waals surface area contributed by atoms with E-state index in [4.69, 9.17) is 4.74 Å². The number of carboxylic acid groups (broad SMARTS) is 1. The maximum absolute atomic E-state index is 11.3. The second-order valence-corrected chi connectivity index (χ2v) is 3.92. The number of carboxylic acids is 1. The number of hydrogen-bond acceptors (Lipinski definition) is 2. The molecule has 1 aromatic carbocycles. The van der Waals surface area contributed by atoms with Crippen molar-refractivity contribution in [3.05, 3.63) is 29.5 Å². The quantitative estimate of drug-likeness (QED) is 0.885. The van der Waals surface area contributed by atoms with Gasteiger partial charge in [-0.1, -0.05) is 6.92 Å². The van der Waals surface area contributed by atoms with Crippen LogP contribution in [0.1, 0.15) is 23.0 Å². The van der Waals surface area contributed by atoms with Crippen LogP contribution in [0, 0.1) is 0 Å². The lowest BCUT2D eigenvalue weighted by molar-refractivity contribution is 0.0697. The first-order chi connectivity index (χ1) is 8.10. The number of aromatic nitrogens is 1. The van der Waals surface area contributed by atoms with Crippen molar-refractivity contribution >= 4 is 16.9 Å². The number of ether oxygens (including phenoxy) is 1. The highest BCUT2D eigenvalue weighted by Gasteiger charge is 2.19. The van der Waals surface area contributed by atoms with Gasteiger partial charge in [0.2, 0.25) is 0 Å². The fraction of sp³-hybridized carbons (Fsp3) is 0.308. The van der Waals surface area contributed by atoms with E-state index in [0.717, 1.165) is 22.3 Å². The van der Waals surface area contributed by atoms with Crippen molar-refractivity contribution in [2.75, 3.05) is 7.11 Å². The zero-order valence-electron chi connectivity index (χ0n) is 10.2. The Morgan fingerprint density at radius 3 is 2.71 bits per heavy atom. The molecule has 90 valence electrons. The maximum atomic E-state index is 11.3. The summed E-state index contributed by atoms with van der Waals surface area (Å²) in [5, 5.41) is 10.1. The molecular formula is C13H15NO3. The summed E-state index contributed by atoms with van der Waals surface area (Å²) in [6, 6.07) is 5.45. The number of methoxy groups -OCH3 is 1. The SMILES string of the molecule is CCc1c(C(=O)O)c2ccc(OC)cc2n1C. The lowest BCUT2D eigenvalue weighted by atomic mass is 10.1. The van der Waals surface area contributed by atoms with Gasteiger partial charge >= 0.3 is 5.97 Å². The number of carbonyl (C=O) groups is 1. The van der Waals surface area contributed by atoms with Gasteiger partial charge in [0.05, 0.1) is 18.2 Å². The fourth-order valence-electron chi connectivity index (χ4n) is 2.25. The van der Waals surface area contributed by atoms with Crippen molar-refractivity contribution in [1.82, 2.24) is 4.57 Å². The summed E-state index contributed by atoms with van der Waals surface area (Å²) in [5.74, 6) is -0.143. The van der Waals surface area contributed by atoms with Gasteiger partial charge in [-0.2, -0.15) is 0 Å². The van der Waals surface area contributed by atoms with Gasteiger partial charge in [0.25, 0.3) is 0 Å². The summed E-state index contributed by atoms with van der Waals surface area (Å²) in [6.07, 6.45) is 0.690. The highest BCUT2D eigenvalue weighted by Crippen LogP contribution is 2.29. The zero-order chi connectivity index (χ0) is 12.6. The molecule has 0 spiro atoms. The van der Waals surface area contributed by atoms with Crippen LogP contribution in [0.3, 0.4) is 0 Å². The van der Waals surface area contributed by atoms with E-state index in [2.05, 4.69) is 0 Å².